The Balaban J connectivity index is 0.000000958. The summed E-state index contributed by atoms with van der Waals surface area (Å²) in [6.07, 6.45) is -1.33. The van der Waals surface area contributed by atoms with Crippen LogP contribution >= 0.6 is 13.5 Å². The molecule has 6 aromatic rings. The van der Waals surface area contributed by atoms with Crippen molar-refractivity contribution in [1.82, 2.24) is 0 Å². The Morgan fingerprint density at radius 1 is 0.542 bits per heavy atom. The maximum absolute atomic E-state index is 13.0. The van der Waals surface area contributed by atoms with Crippen LogP contribution in [0.25, 0.3) is 21.9 Å². The zero-order valence-electron chi connectivity index (χ0n) is 28.0. The van der Waals surface area contributed by atoms with Crippen molar-refractivity contribution < 1.29 is 122 Å². The molecule has 6 rings (SSSR count). The summed E-state index contributed by atoms with van der Waals surface area (Å²) in [4.78, 5) is 35.5. The van der Waals surface area contributed by atoms with Gasteiger partial charge in [0.25, 0.3) is 0 Å². The monoisotopic (exact) mass is 700 g/mol. The van der Waals surface area contributed by atoms with Gasteiger partial charge in [0.1, 0.15) is 23.1 Å². The van der Waals surface area contributed by atoms with E-state index >= 15 is 0 Å². The first-order valence-corrected chi connectivity index (χ1v) is 13.6. The molecule has 0 heterocycles. The minimum Gasteiger partial charge on any atom is -1.00 e. The van der Waals surface area contributed by atoms with Crippen molar-refractivity contribution in [3.05, 3.63) is 167 Å². The predicted octanol–water partition coefficient (Wildman–Crippen LogP) is 3.04. The minimum atomic E-state index is -1.33. The third-order valence-corrected chi connectivity index (χ3v) is 6.84. The molecular weight excluding hydrogens is 673 g/mol. The number of halogens is 2. The summed E-state index contributed by atoms with van der Waals surface area (Å²) >= 11 is 0. The van der Waals surface area contributed by atoms with E-state index in [1.165, 1.54) is 48.5 Å². The summed E-state index contributed by atoms with van der Waals surface area (Å²) in [7, 11) is 0. The number of phenolic OH excluding ortho intramolecular Hbond substituents is 1. The fourth-order valence-electron chi connectivity index (χ4n) is 4.53. The van der Waals surface area contributed by atoms with Crippen molar-refractivity contribution in [2.45, 2.75) is 0 Å². The van der Waals surface area contributed by atoms with Crippen LogP contribution in [0.2, 0.25) is 0 Å². The van der Waals surface area contributed by atoms with Crippen LogP contribution in [0.1, 0.15) is 34.7 Å². The fraction of sp³-hybridized carbons (Fsp3) is 0. The predicted molar refractivity (Wildman–Crippen MR) is 178 cm³/mol. The Kier molecular flexibility index (Phi) is 16.3. The summed E-state index contributed by atoms with van der Waals surface area (Å²) in [6.45, 7) is 0. The molecule has 2 N–H and O–H groups in total. The van der Waals surface area contributed by atoms with Crippen LogP contribution in [0.3, 0.4) is 0 Å². The van der Waals surface area contributed by atoms with Gasteiger partial charge >= 0.3 is 87.1 Å². The molecule has 0 fully saturated rings. The van der Waals surface area contributed by atoms with E-state index in [1.54, 1.807) is 84.9 Å². The van der Waals surface area contributed by atoms with E-state index in [0.29, 0.717) is 22.3 Å². The van der Waals surface area contributed by atoms with Crippen LogP contribution in [0.5, 0.6) is 11.5 Å². The number of carboxylic acid groups (broad SMARTS) is 1. The zero-order chi connectivity index (χ0) is 31.9. The van der Waals surface area contributed by atoms with E-state index in [1.807, 2.05) is 0 Å². The summed E-state index contributed by atoms with van der Waals surface area (Å²) in [5.41, 5.74) is 3.63. The molecule has 0 unspecified atom stereocenters. The largest absolute Gasteiger partial charge is 1.00 e. The van der Waals surface area contributed by atoms with E-state index in [0.717, 1.165) is 21.9 Å². The molecule has 11 heteroatoms. The van der Waals surface area contributed by atoms with Crippen molar-refractivity contribution in [1.29, 1.82) is 0 Å². The maximum Gasteiger partial charge on any atom is 1.00 e. The molecule has 0 aliphatic heterocycles. The van der Waals surface area contributed by atoms with Gasteiger partial charge in [0.15, 0.2) is 11.6 Å². The Bertz CT molecular complexity index is 1920. The van der Waals surface area contributed by atoms with Gasteiger partial charge in [-0.15, -0.1) is 0 Å². The molecule has 0 amide bonds. The van der Waals surface area contributed by atoms with E-state index in [2.05, 4.69) is 4.74 Å². The van der Waals surface area contributed by atoms with E-state index in [-0.39, 0.29) is 120 Å². The smallest absolute Gasteiger partial charge is 1.00 e. The normalized spacial score (nSPS) is 9.79. The van der Waals surface area contributed by atoms with Crippen LogP contribution < -0.4 is 85.7 Å². The Labute approximate surface area is 349 Å². The van der Waals surface area contributed by atoms with Crippen LogP contribution in [-0.2, 0) is 0 Å². The Hall–Kier alpha value is -3.16. The fourth-order valence-corrected chi connectivity index (χ4v) is 4.53. The number of hydrogen-bond acceptors (Lipinski definition) is 5. The molecule has 234 valence electrons. The molecule has 0 aliphatic carbocycles. The number of hydrogen-bond donors (Lipinski definition) is 2. The molecule has 6 aromatic carbocycles. The van der Waals surface area contributed by atoms with Gasteiger partial charge in [-0.2, -0.15) is 13.5 Å². The molecule has 0 atom stereocenters. The average molecular weight is 701 g/mol. The molecule has 0 aliphatic rings. The van der Waals surface area contributed by atoms with Crippen molar-refractivity contribution in [3.8, 4) is 22.6 Å². The molecule has 0 saturated heterocycles. The molecular formula is C37H28F2KNaO6S. The molecule has 6 nitrogen and oxygen atoms in total. The summed E-state index contributed by atoms with van der Waals surface area (Å²) < 4.78 is 30.6. The van der Waals surface area contributed by atoms with Crippen molar-refractivity contribution in [3.63, 3.8) is 0 Å². The van der Waals surface area contributed by atoms with Gasteiger partial charge in [-0.05, 0) is 107 Å². The Morgan fingerprint density at radius 2 is 0.896 bits per heavy atom. The van der Waals surface area contributed by atoms with Gasteiger partial charge in [0.05, 0.1) is 0 Å². The van der Waals surface area contributed by atoms with Crippen LogP contribution in [-0.4, -0.2) is 27.9 Å². The second-order valence-electron chi connectivity index (χ2n) is 9.89. The van der Waals surface area contributed by atoms with E-state index in [9.17, 15) is 23.2 Å². The zero-order valence-corrected chi connectivity index (χ0v) is 32.1. The first-order chi connectivity index (χ1) is 21.7. The number of rotatable bonds is 6. The van der Waals surface area contributed by atoms with Crippen LogP contribution in [0.4, 0.5) is 13.6 Å². The second kappa shape index (κ2) is 19.1. The standard InChI is InChI=1S/C24H14F2O2.C13H10O4.K.Na.H2S.2H/c25-21-9-5-15(6-10-21)23(27)19-3-1-17-13-20(4-2-18(17)14-19)24(28)16-7-11-22(26)12-8-16;14-11-5-1-9(2-6-11)10-3-7-12(8-4-10)17-13(15)16;;;;;/h1-14H;1-8,14H,(H,15,16);;;1H2;;/q;;2*+1;;2*-1. The van der Waals surface area contributed by atoms with E-state index in [4.69, 9.17) is 10.2 Å². The number of ketones is 2. The molecule has 0 spiro atoms. The third kappa shape index (κ3) is 10.9. The number of phenols is 1. The van der Waals surface area contributed by atoms with Gasteiger partial charge in [-0.25, -0.2) is 13.6 Å². The first kappa shape index (κ1) is 41.0. The average Bonchev–Trinajstić information content (AvgIpc) is 3.05. The number of ether oxygens (including phenoxy) is 1. The van der Waals surface area contributed by atoms with E-state index < -0.39 is 17.8 Å². The summed E-state index contributed by atoms with van der Waals surface area (Å²) in [6, 6.07) is 34.6. The van der Waals surface area contributed by atoms with Gasteiger partial charge in [-0.3, -0.25) is 9.59 Å². The first-order valence-electron chi connectivity index (χ1n) is 13.6. The third-order valence-electron chi connectivity index (χ3n) is 6.84. The summed E-state index contributed by atoms with van der Waals surface area (Å²) in [5, 5.41) is 19.2. The van der Waals surface area contributed by atoms with Crippen molar-refractivity contribution in [2.75, 3.05) is 0 Å². The number of carbonyl (C=O) groups excluding carboxylic acids is 2. The van der Waals surface area contributed by atoms with Crippen LogP contribution in [0.15, 0.2) is 133 Å². The SMILES string of the molecule is O=C(O)Oc1ccc(-c2ccc(O)cc2)cc1.O=C(c1ccc(F)cc1)c1ccc2cc(C(=O)c3ccc(F)cc3)ccc2c1.S.[H-].[H-].[K+].[Na+]. The molecule has 0 aromatic heterocycles. The number of benzene rings is 6. The van der Waals surface area contributed by atoms with Gasteiger partial charge < -0.3 is 17.8 Å². The molecule has 0 saturated carbocycles. The molecule has 0 radical (unpaired) electrons. The number of aromatic hydroxyl groups is 1. The van der Waals surface area contributed by atoms with Gasteiger partial charge in [0.2, 0.25) is 0 Å². The van der Waals surface area contributed by atoms with Crippen molar-refractivity contribution >= 4 is 42.0 Å². The molecule has 48 heavy (non-hydrogen) atoms. The maximum atomic E-state index is 13.0. The molecule has 0 bridgehead atoms. The number of fused-ring (bicyclic) bond motifs is 1. The quantitative estimate of drug-likeness (QED) is 0.120. The van der Waals surface area contributed by atoms with Gasteiger partial charge in [-0.1, -0.05) is 48.5 Å². The van der Waals surface area contributed by atoms with Crippen LogP contribution in [0, 0.1) is 11.6 Å². The second-order valence-corrected chi connectivity index (χ2v) is 9.89. The van der Waals surface area contributed by atoms with Crippen molar-refractivity contribution in [2.24, 2.45) is 0 Å². The number of carbonyl (C=O) groups is 3. The Morgan fingerprint density at radius 3 is 1.27 bits per heavy atom. The van der Waals surface area contributed by atoms with Gasteiger partial charge in [0, 0.05) is 22.3 Å². The minimum absolute atomic E-state index is 0. The summed E-state index contributed by atoms with van der Waals surface area (Å²) in [5.74, 6) is -0.705. The topological polar surface area (TPSA) is 101 Å².